The molecule has 0 N–H and O–H groups in total. The van der Waals surface area contributed by atoms with Crippen LogP contribution in [-0.4, -0.2) is 35.6 Å². The van der Waals surface area contributed by atoms with E-state index in [1.165, 1.54) is 12.2 Å². The van der Waals surface area contributed by atoms with Crippen LogP contribution in [0.4, 0.5) is 0 Å². The molecule has 1 saturated heterocycles. The fraction of sp³-hybridized carbons (Fsp3) is 0.667. The van der Waals surface area contributed by atoms with Gasteiger partial charge < -0.3 is 4.90 Å². The fourth-order valence-electron chi connectivity index (χ4n) is 1.80. The van der Waals surface area contributed by atoms with Gasteiger partial charge in [0.25, 0.3) is 0 Å². The Balaban J connectivity index is 2.56. The third-order valence-electron chi connectivity index (χ3n) is 2.74. The molecule has 0 aliphatic carbocycles. The topological polar surface area (TPSA) is 6.48 Å². The van der Waals surface area contributed by atoms with Gasteiger partial charge in [0.2, 0.25) is 0 Å². The summed E-state index contributed by atoms with van der Waals surface area (Å²) in [5.74, 6) is 0. The zero-order chi connectivity index (χ0) is 10.6. The zero-order valence-corrected chi connectivity index (χ0v) is 9.83. The van der Waals surface area contributed by atoms with Gasteiger partial charge in [-0.25, -0.2) is 0 Å². The van der Waals surface area contributed by atoms with E-state index in [0.29, 0.717) is 6.04 Å². The molecule has 1 rings (SSSR count). The molecule has 1 aliphatic heterocycles. The highest BCUT2D eigenvalue weighted by atomic mass is 15.4. The largest absolute Gasteiger partial charge is 0.358 e. The maximum absolute atomic E-state index is 2.49. The Morgan fingerprint density at radius 2 is 1.93 bits per heavy atom. The lowest BCUT2D eigenvalue weighted by Crippen LogP contribution is -2.30. The second kappa shape index (κ2) is 5.20. The predicted molar refractivity (Wildman–Crippen MR) is 62.0 cm³/mol. The summed E-state index contributed by atoms with van der Waals surface area (Å²) in [6.07, 6.45) is 6.47. The molecule has 14 heavy (non-hydrogen) atoms. The maximum Gasteiger partial charge on any atom is 0.0710 e. The number of hydrogen-bond donors (Lipinski definition) is 0. The molecule has 0 saturated carbocycles. The predicted octanol–water partition coefficient (Wildman–Crippen LogP) is 2.45. The van der Waals surface area contributed by atoms with Crippen LogP contribution >= 0.6 is 0 Å². The molecule has 0 aromatic carbocycles. The van der Waals surface area contributed by atoms with Gasteiger partial charge >= 0.3 is 0 Å². The summed E-state index contributed by atoms with van der Waals surface area (Å²) >= 11 is 0. The van der Waals surface area contributed by atoms with Crippen molar-refractivity contribution in [3.63, 3.8) is 0 Å². The van der Waals surface area contributed by atoms with Gasteiger partial charge in [0.15, 0.2) is 0 Å². The molecule has 0 spiro atoms. The van der Waals surface area contributed by atoms with Gasteiger partial charge in [-0.2, -0.15) is 0 Å². The van der Waals surface area contributed by atoms with Gasteiger partial charge in [-0.15, -0.1) is 0 Å². The Morgan fingerprint density at radius 1 is 1.21 bits per heavy atom. The monoisotopic (exact) mass is 194 g/mol. The molecular formula is C12H22N2. The van der Waals surface area contributed by atoms with E-state index in [9.17, 15) is 0 Å². The molecule has 0 radical (unpaired) electrons. The Morgan fingerprint density at radius 3 is 2.36 bits per heavy atom. The van der Waals surface area contributed by atoms with Crippen molar-refractivity contribution in [2.24, 2.45) is 0 Å². The SMILES string of the molecule is C/C=C\C(=C/C)N1CCN(C(C)C)C1. The fourth-order valence-corrected chi connectivity index (χ4v) is 1.80. The summed E-state index contributed by atoms with van der Waals surface area (Å²) in [5, 5.41) is 0. The first-order valence-electron chi connectivity index (χ1n) is 5.47. The van der Waals surface area contributed by atoms with E-state index < -0.39 is 0 Å². The van der Waals surface area contributed by atoms with Crippen molar-refractivity contribution in [3.05, 3.63) is 23.9 Å². The van der Waals surface area contributed by atoms with Crippen LogP contribution in [0.5, 0.6) is 0 Å². The van der Waals surface area contributed by atoms with Gasteiger partial charge in [-0.05, 0) is 33.8 Å². The smallest absolute Gasteiger partial charge is 0.0710 e. The first-order valence-corrected chi connectivity index (χ1v) is 5.47. The Kier molecular flexibility index (Phi) is 4.21. The van der Waals surface area contributed by atoms with Crippen LogP contribution in [0.15, 0.2) is 23.9 Å². The van der Waals surface area contributed by atoms with E-state index in [0.717, 1.165) is 13.2 Å². The third-order valence-corrected chi connectivity index (χ3v) is 2.74. The van der Waals surface area contributed by atoms with Crippen LogP contribution in [0.25, 0.3) is 0 Å². The van der Waals surface area contributed by atoms with Crippen molar-refractivity contribution in [1.82, 2.24) is 9.80 Å². The highest BCUT2D eigenvalue weighted by molar-refractivity contribution is 5.17. The molecule has 80 valence electrons. The van der Waals surface area contributed by atoms with Crippen LogP contribution in [0.1, 0.15) is 27.7 Å². The zero-order valence-electron chi connectivity index (χ0n) is 9.83. The Hall–Kier alpha value is -0.760. The van der Waals surface area contributed by atoms with Gasteiger partial charge in [0.05, 0.1) is 6.67 Å². The first kappa shape index (κ1) is 11.3. The molecule has 1 aliphatic rings. The summed E-state index contributed by atoms with van der Waals surface area (Å²) in [6, 6.07) is 0.656. The van der Waals surface area contributed by atoms with E-state index >= 15 is 0 Å². The van der Waals surface area contributed by atoms with Crippen molar-refractivity contribution < 1.29 is 0 Å². The van der Waals surface area contributed by atoms with Crippen molar-refractivity contribution in [3.8, 4) is 0 Å². The van der Waals surface area contributed by atoms with Crippen molar-refractivity contribution >= 4 is 0 Å². The van der Waals surface area contributed by atoms with E-state index in [2.05, 4.69) is 55.7 Å². The van der Waals surface area contributed by atoms with E-state index in [1.54, 1.807) is 0 Å². The molecule has 0 amide bonds. The highest BCUT2D eigenvalue weighted by Crippen LogP contribution is 2.15. The van der Waals surface area contributed by atoms with Crippen molar-refractivity contribution in [2.75, 3.05) is 19.8 Å². The summed E-state index contributed by atoms with van der Waals surface area (Å²) in [4.78, 5) is 4.92. The third kappa shape index (κ3) is 2.61. The minimum Gasteiger partial charge on any atom is -0.358 e. The number of hydrogen-bond acceptors (Lipinski definition) is 2. The van der Waals surface area contributed by atoms with Gasteiger partial charge in [0, 0.05) is 24.8 Å². The molecule has 1 fully saturated rings. The van der Waals surface area contributed by atoms with Crippen molar-refractivity contribution in [2.45, 2.75) is 33.7 Å². The van der Waals surface area contributed by atoms with Gasteiger partial charge in [-0.1, -0.05) is 12.2 Å². The summed E-state index contributed by atoms with van der Waals surface area (Å²) < 4.78 is 0. The number of nitrogens with zero attached hydrogens (tertiary/aromatic N) is 2. The summed E-state index contributed by atoms with van der Waals surface area (Å²) in [5.41, 5.74) is 1.34. The quantitative estimate of drug-likeness (QED) is 0.637. The van der Waals surface area contributed by atoms with E-state index in [4.69, 9.17) is 0 Å². The molecule has 2 heteroatoms. The first-order chi connectivity index (χ1) is 6.69. The molecule has 0 aromatic rings. The average Bonchev–Trinajstić information content (AvgIpc) is 2.63. The lowest BCUT2D eigenvalue weighted by molar-refractivity contribution is 0.235. The highest BCUT2D eigenvalue weighted by Gasteiger charge is 2.21. The molecule has 0 bridgehead atoms. The van der Waals surface area contributed by atoms with E-state index in [-0.39, 0.29) is 0 Å². The average molecular weight is 194 g/mol. The lowest BCUT2D eigenvalue weighted by Gasteiger charge is -2.23. The van der Waals surface area contributed by atoms with Crippen LogP contribution in [0.2, 0.25) is 0 Å². The number of allylic oxidation sites excluding steroid dienone is 3. The van der Waals surface area contributed by atoms with Crippen LogP contribution in [0.3, 0.4) is 0 Å². The summed E-state index contributed by atoms with van der Waals surface area (Å²) in [7, 11) is 0. The minimum atomic E-state index is 0.656. The molecule has 0 atom stereocenters. The Labute approximate surface area is 87.9 Å². The van der Waals surface area contributed by atoms with Crippen LogP contribution in [0, 0.1) is 0 Å². The van der Waals surface area contributed by atoms with Crippen LogP contribution < -0.4 is 0 Å². The van der Waals surface area contributed by atoms with E-state index in [1.807, 2.05) is 0 Å². The summed E-state index contributed by atoms with van der Waals surface area (Å²) in [6.45, 7) is 12.1. The normalized spacial score (nSPS) is 20.4. The Bertz CT molecular complexity index is 228. The lowest BCUT2D eigenvalue weighted by atomic mass is 10.3. The van der Waals surface area contributed by atoms with Gasteiger partial charge in [0.1, 0.15) is 0 Å². The second-order valence-corrected chi connectivity index (χ2v) is 4.02. The van der Waals surface area contributed by atoms with Gasteiger partial charge in [-0.3, -0.25) is 4.90 Å². The van der Waals surface area contributed by atoms with Crippen LogP contribution in [-0.2, 0) is 0 Å². The molecule has 0 unspecified atom stereocenters. The standard InChI is InChI=1S/C12H22N2/c1-5-7-12(6-2)14-9-8-13(10-14)11(3)4/h5-7,11H,8-10H2,1-4H3/b7-5-,12-6+. The van der Waals surface area contributed by atoms with Crippen molar-refractivity contribution in [1.29, 1.82) is 0 Å². The number of rotatable bonds is 3. The molecular weight excluding hydrogens is 172 g/mol. The minimum absolute atomic E-state index is 0.656. The second-order valence-electron chi connectivity index (χ2n) is 4.02. The molecule has 1 heterocycles. The molecule has 0 aromatic heterocycles. The maximum atomic E-state index is 2.49. The molecule has 2 nitrogen and oxygen atoms in total.